The van der Waals surface area contributed by atoms with Crippen molar-refractivity contribution in [3.05, 3.63) is 12.7 Å². The summed E-state index contributed by atoms with van der Waals surface area (Å²) in [5, 5.41) is 2.65. The maximum Gasteiger partial charge on any atom is 0.253 e. The molecule has 1 amide bonds. The van der Waals surface area contributed by atoms with E-state index in [1.54, 1.807) is 13.0 Å². The first-order chi connectivity index (χ1) is 6.97. The van der Waals surface area contributed by atoms with Crippen LogP contribution in [0.15, 0.2) is 12.7 Å². The number of carbonyl (C=O) groups excluding carboxylic acids is 1. The Morgan fingerprint density at radius 1 is 1.60 bits per heavy atom. The minimum atomic E-state index is -1.08. The van der Waals surface area contributed by atoms with Gasteiger partial charge >= 0.3 is 0 Å². The highest BCUT2D eigenvalue weighted by Gasteiger charge is 2.34. The van der Waals surface area contributed by atoms with Gasteiger partial charge in [0.2, 0.25) is 0 Å². The molecule has 15 heavy (non-hydrogen) atoms. The standard InChI is InChI=1S/C9H13Cl2NO3/c1-3-6-14-4-9(2,5-15-6)12-8(13)7(10)11/h3,6-7H,1,4-5H2,2H3,(H,12,13). The summed E-state index contributed by atoms with van der Waals surface area (Å²) in [6.45, 7) is 5.99. The maximum atomic E-state index is 11.3. The molecule has 0 aromatic heterocycles. The predicted molar refractivity (Wildman–Crippen MR) is 57.9 cm³/mol. The smallest absolute Gasteiger partial charge is 0.253 e. The highest BCUT2D eigenvalue weighted by molar-refractivity contribution is 6.53. The van der Waals surface area contributed by atoms with Gasteiger partial charge < -0.3 is 14.8 Å². The van der Waals surface area contributed by atoms with Crippen LogP contribution in [0.25, 0.3) is 0 Å². The van der Waals surface area contributed by atoms with Gasteiger partial charge in [0.1, 0.15) is 0 Å². The molecule has 1 heterocycles. The van der Waals surface area contributed by atoms with Gasteiger partial charge in [0.05, 0.1) is 18.8 Å². The molecule has 0 saturated carbocycles. The number of hydrogen-bond donors (Lipinski definition) is 1. The van der Waals surface area contributed by atoms with Crippen LogP contribution >= 0.6 is 23.2 Å². The first kappa shape index (κ1) is 12.8. The largest absolute Gasteiger partial charge is 0.346 e. The molecule has 86 valence electrons. The zero-order valence-electron chi connectivity index (χ0n) is 8.33. The van der Waals surface area contributed by atoms with Crippen LogP contribution in [-0.2, 0) is 14.3 Å². The van der Waals surface area contributed by atoms with E-state index in [4.69, 9.17) is 32.7 Å². The summed E-state index contributed by atoms with van der Waals surface area (Å²) in [4.78, 5) is 10.2. The van der Waals surface area contributed by atoms with Crippen molar-refractivity contribution in [3.63, 3.8) is 0 Å². The average molecular weight is 254 g/mol. The molecular formula is C9H13Cl2NO3. The second-order valence-electron chi connectivity index (χ2n) is 3.58. The van der Waals surface area contributed by atoms with E-state index < -0.39 is 22.6 Å². The lowest BCUT2D eigenvalue weighted by Crippen LogP contribution is -2.57. The number of amides is 1. The summed E-state index contributed by atoms with van der Waals surface area (Å²) >= 11 is 10.8. The number of halogens is 2. The molecule has 6 heteroatoms. The highest BCUT2D eigenvalue weighted by Crippen LogP contribution is 2.16. The van der Waals surface area contributed by atoms with E-state index in [0.29, 0.717) is 13.2 Å². The topological polar surface area (TPSA) is 47.6 Å². The number of ether oxygens (including phenoxy) is 2. The van der Waals surface area contributed by atoms with Crippen LogP contribution in [-0.4, -0.2) is 35.8 Å². The maximum absolute atomic E-state index is 11.3. The van der Waals surface area contributed by atoms with Gasteiger partial charge in [-0.3, -0.25) is 4.79 Å². The summed E-state index contributed by atoms with van der Waals surface area (Å²) in [6, 6.07) is 0. The second kappa shape index (κ2) is 5.16. The van der Waals surface area contributed by atoms with Crippen LogP contribution in [0.4, 0.5) is 0 Å². The lowest BCUT2D eigenvalue weighted by atomic mass is 10.0. The zero-order chi connectivity index (χ0) is 11.5. The molecule has 0 atom stereocenters. The molecule has 0 spiro atoms. The molecule has 0 unspecified atom stereocenters. The van der Waals surface area contributed by atoms with E-state index in [-0.39, 0.29) is 0 Å². The van der Waals surface area contributed by atoms with Gasteiger partial charge in [-0.1, -0.05) is 29.8 Å². The Morgan fingerprint density at radius 2 is 2.13 bits per heavy atom. The predicted octanol–water partition coefficient (Wildman–Crippen LogP) is 1.22. The molecule has 0 aromatic rings. The van der Waals surface area contributed by atoms with Gasteiger partial charge in [-0.15, -0.1) is 0 Å². The molecule has 0 bridgehead atoms. The van der Waals surface area contributed by atoms with E-state index in [2.05, 4.69) is 11.9 Å². The minimum absolute atomic E-state index is 0.329. The van der Waals surface area contributed by atoms with E-state index in [0.717, 1.165) is 0 Å². The van der Waals surface area contributed by atoms with Crippen molar-refractivity contribution < 1.29 is 14.3 Å². The van der Waals surface area contributed by atoms with Crippen LogP contribution in [0, 0.1) is 0 Å². The third-order valence-electron chi connectivity index (χ3n) is 1.95. The molecule has 0 radical (unpaired) electrons. The Labute approximate surface area is 98.5 Å². The molecule has 0 aliphatic carbocycles. The number of alkyl halides is 2. The summed E-state index contributed by atoms with van der Waals surface area (Å²) in [7, 11) is 0. The SMILES string of the molecule is C=CC1OCC(C)(NC(=O)C(Cl)Cl)CO1. The molecule has 1 aliphatic heterocycles. The van der Waals surface area contributed by atoms with Crippen LogP contribution in [0.3, 0.4) is 0 Å². The number of rotatable bonds is 3. The van der Waals surface area contributed by atoms with Gasteiger partial charge in [0, 0.05) is 0 Å². The van der Waals surface area contributed by atoms with Crippen molar-refractivity contribution in [2.24, 2.45) is 0 Å². The fourth-order valence-corrected chi connectivity index (χ4v) is 1.29. The van der Waals surface area contributed by atoms with Gasteiger partial charge in [-0.05, 0) is 13.0 Å². The Kier molecular flexibility index (Phi) is 4.40. The Morgan fingerprint density at radius 3 is 2.53 bits per heavy atom. The number of carbonyl (C=O) groups is 1. The Bertz CT molecular complexity index is 250. The minimum Gasteiger partial charge on any atom is -0.346 e. The van der Waals surface area contributed by atoms with Crippen LogP contribution in [0.1, 0.15) is 6.92 Å². The van der Waals surface area contributed by atoms with Crippen molar-refractivity contribution in [3.8, 4) is 0 Å². The number of nitrogens with one attached hydrogen (secondary N) is 1. The fourth-order valence-electron chi connectivity index (χ4n) is 1.18. The van der Waals surface area contributed by atoms with Crippen molar-refractivity contribution in [2.75, 3.05) is 13.2 Å². The zero-order valence-corrected chi connectivity index (χ0v) is 9.85. The van der Waals surface area contributed by atoms with Gasteiger partial charge in [0.15, 0.2) is 11.1 Å². The Hall–Kier alpha value is -0.290. The van der Waals surface area contributed by atoms with Crippen molar-refractivity contribution >= 4 is 29.1 Å². The molecule has 1 aliphatic rings. The molecule has 0 aromatic carbocycles. The lowest BCUT2D eigenvalue weighted by Gasteiger charge is -2.37. The molecule has 1 saturated heterocycles. The Balaban J connectivity index is 2.48. The molecule has 1 fully saturated rings. The van der Waals surface area contributed by atoms with Crippen LogP contribution < -0.4 is 5.32 Å². The molecule has 4 nitrogen and oxygen atoms in total. The number of hydrogen-bond acceptors (Lipinski definition) is 3. The highest BCUT2D eigenvalue weighted by atomic mass is 35.5. The molecule has 1 N–H and O–H groups in total. The first-order valence-electron chi connectivity index (χ1n) is 4.43. The molecular weight excluding hydrogens is 241 g/mol. The second-order valence-corrected chi connectivity index (χ2v) is 4.67. The quantitative estimate of drug-likeness (QED) is 0.608. The van der Waals surface area contributed by atoms with Crippen molar-refractivity contribution in [2.45, 2.75) is 23.6 Å². The van der Waals surface area contributed by atoms with E-state index in [9.17, 15) is 4.79 Å². The third-order valence-corrected chi connectivity index (χ3v) is 2.34. The summed E-state index contributed by atoms with van der Waals surface area (Å²) in [5.41, 5.74) is -0.599. The van der Waals surface area contributed by atoms with Gasteiger partial charge in [-0.2, -0.15) is 0 Å². The summed E-state index contributed by atoms with van der Waals surface area (Å²) < 4.78 is 10.6. The van der Waals surface area contributed by atoms with Gasteiger partial charge in [-0.25, -0.2) is 0 Å². The van der Waals surface area contributed by atoms with Crippen molar-refractivity contribution in [1.29, 1.82) is 0 Å². The van der Waals surface area contributed by atoms with E-state index in [1.165, 1.54) is 0 Å². The van der Waals surface area contributed by atoms with Gasteiger partial charge in [0.25, 0.3) is 5.91 Å². The van der Waals surface area contributed by atoms with E-state index in [1.807, 2.05) is 0 Å². The molecule has 1 rings (SSSR count). The third kappa shape index (κ3) is 3.65. The fraction of sp³-hybridized carbons (Fsp3) is 0.667. The normalized spacial score (nSPS) is 31.3. The van der Waals surface area contributed by atoms with E-state index >= 15 is 0 Å². The van der Waals surface area contributed by atoms with Crippen LogP contribution in [0.5, 0.6) is 0 Å². The van der Waals surface area contributed by atoms with Crippen LogP contribution in [0.2, 0.25) is 0 Å². The monoisotopic (exact) mass is 253 g/mol. The first-order valence-corrected chi connectivity index (χ1v) is 5.30. The summed E-state index contributed by atoms with van der Waals surface area (Å²) in [5.74, 6) is -0.454. The lowest BCUT2D eigenvalue weighted by molar-refractivity contribution is -0.186. The van der Waals surface area contributed by atoms with Crippen molar-refractivity contribution in [1.82, 2.24) is 5.32 Å². The summed E-state index contributed by atoms with van der Waals surface area (Å²) in [6.07, 6.45) is 1.13. The average Bonchev–Trinajstić information content (AvgIpc) is 2.18.